The molecule has 4 rings (SSSR count). The van der Waals surface area contributed by atoms with Crippen LogP contribution in [0.15, 0.2) is 11.1 Å². The Kier molecular flexibility index (Phi) is 3.64. The number of ketones is 1. The number of hydrogen-bond acceptors (Lipinski definition) is 5. The van der Waals surface area contributed by atoms with E-state index in [9.17, 15) is 20.1 Å². The van der Waals surface area contributed by atoms with Gasteiger partial charge in [-0.1, -0.05) is 19.4 Å². The maximum Gasteiger partial charge on any atom is 0.174 e. The van der Waals surface area contributed by atoms with Crippen LogP contribution in [0.25, 0.3) is 0 Å². The molecular formula is C20H30O5. The van der Waals surface area contributed by atoms with Gasteiger partial charge >= 0.3 is 0 Å². The Morgan fingerprint density at radius 1 is 1.20 bits per heavy atom. The SMILES string of the molecule is CC1=C2[C@@H](O)C(=O)[C@@]3(C)[C@H](C[C@](O)(CC1)C2(C)C)[C@@H]1CO[C@@H]1C[C@@H]3O. The lowest BCUT2D eigenvalue weighted by atomic mass is 9.47. The molecule has 0 unspecified atom stereocenters. The van der Waals surface area contributed by atoms with Crippen molar-refractivity contribution in [3.63, 3.8) is 0 Å². The first-order valence-electron chi connectivity index (χ1n) is 9.48. The molecule has 5 heteroatoms. The number of aliphatic hydroxyl groups is 3. The molecule has 0 aromatic rings. The number of allylic oxidation sites excluding steroid dienone is 1. The number of ether oxygens (including phenoxy) is 1. The van der Waals surface area contributed by atoms with E-state index in [0.717, 1.165) is 5.57 Å². The minimum atomic E-state index is -1.26. The van der Waals surface area contributed by atoms with Crippen molar-refractivity contribution in [1.82, 2.24) is 0 Å². The van der Waals surface area contributed by atoms with Gasteiger partial charge < -0.3 is 20.1 Å². The van der Waals surface area contributed by atoms with E-state index >= 15 is 0 Å². The van der Waals surface area contributed by atoms with Gasteiger partial charge in [-0.2, -0.15) is 0 Å². The van der Waals surface area contributed by atoms with Gasteiger partial charge in [0.15, 0.2) is 5.78 Å². The molecule has 0 aromatic heterocycles. The average molecular weight is 350 g/mol. The van der Waals surface area contributed by atoms with E-state index < -0.39 is 28.6 Å². The Hall–Kier alpha value is -0.750. The Morgan fingerprint density at radius 2 is 1.88 bits per heavy atom. The standard InChI is InChI=1S/C20H30O5/c1-10-5-6-20(24)8-12-11-9-25-13(11)7-14(21)19(12,4)17(23)16(22)15(10)18(20,2)3/h11-14,16,21-22,24H,5-9H2,1-4H3/t11-,12+,13+,14-,16+,19-,20+/m0/s1. The molecular weight excluding hydrogens is 320 g/mol. The molecule has 7 atom stereocenters. The van der Waals surface area contributed by atoms with Crippen LogP contribution < -0.4 is 0 Å². The molecule has 140 valence electrons. The summed E-state index contributed by atoms with van der Waals surface area (Å²) >= 11 is 0. The molecule has 1 heterocycles. The highest BCUT2D eigenvalue weighted by molar-refractivity contribution is 5.92. The fourth-order valence-corrected chi connectivity index (χ4v) is 6.18. The predicted molar refractivity (Wildman–Crippen MR) is 91.7 cm³/mol. The largest absolute Gasteiger partial charge is 0.392 e. The summed E-state index contributed by atoms with van der Waals surface area (Å²) in [7, 11) is 0. The lowest BCUT2D eigenvalue weighted by Gasteiger charge is -2.61. The summed E-state index contributed by atoms with van der Waals surface area (Å²) in [5, 5.41) is 33.5. The topological polar surface area (TPSA) is 87.0 Å². The van der Waals surface area contributed by atoms with Crippen LogP contribution in [0.1, 0.15) is 53.4 Å². The smallest absolute Gasteiger partial charge is 0.174 e. The second-order valence-electron chi connectivity index (χ2n) is 9.50. The fraction of sp³-hybridized carbons (Fsp3) is 0.850. The summed E-state index contributed by atoms with van der Waals surface area (Å²) in [6.45, 7) is 8.19. The van der Waals surface area contributed by atoms with E-state index in [1.54, 1.807) is 6.92 Å². The Bertz CT molecular complexity index is 652. The molecule has 5 nitrogen and oxygen atoms in total. The highest BCUT2D eigenvalue weighted by Crippen LogP contribution is 2.60. The molecule has 0 aromatic carbocycles. The summed E-state index contributed by atoms with van der Waals surface area (Å²) < 4.78 is 5.61. The monoisotopic (exact) mass is 350 g/mol. The van der Waals surface area contributed by atoms with Crippen LogP contribution in [0.2, 0.25) is 0 Å². The molecule has 1 saturated heterocycles. The van der Waals surface area contributed by atoms with Crippen molar-refractivity contribution in [2.45, 2.75) is 77.3 Å². The van der Waals surface area contributed by atoms with Crippen LogP contribution in [0.5, 0.6) is 0 Å². The Morgan fingerprint density at radius 3 is 2.48 bits per heavy atom. The van der Waals surface area contributed by atoms with Gasteiger partial charge in [0.1, 0.15) is 6.10 Å². The van der Waals surface area contributed by atoms with E-state index in [1.807, 2.05) is 20.8 Å². The average Bonchev–Trinajstić information content (AvgIpc) is 2.51. The zero-order chi connectivity index (χ0) is 18.4. The predicted octanol–water partition coefficient (Wildman–Crippen LogP) is 1.59. The van der Waals surface area contributed by atoms with Gasteiger partial charge in [-0.15, -0.1) is 0 Å². The molecule has 3 aliphatic carbocycles. The fourth-order valence-electron chi connectivity index (χ4n) is 6.18. The third-order valence-corrected chi connectivity index (χ3v) is 8.24. The van der Waals surface area contributed by atoms with Gasteiger partial charge in [0.25, 0.3) is 0 Å². The number of hydrogen-bond donors (Lipinski definition) is 3. The summed E-state index contributed by atoms with van der Waals surface area (Å²) in [5.74, 6) is -0.305. The van der Waals surface area contributed by atoms with Crippen LogP contribution >= 0.6 is 0 Å². The molecule has 2 bridgehead atoms. The summed E-state index contributed by atoms with van der Waals surface area (Å²) in [4.78, 5) is 13.4. The maximum absolute atomic E-state index is 13.4. The lowest BCUT2D eigenvalue weighted by Crippen LogP contribution is -2.68. The second kappa shape index (κ2) is 5.16. The first-order chi connectivity index (χ1) is 11.5. The van der Waals surface area contributed by atoms with E-state index in [-0.39, 0.29) is 23.7 Å². The molecule has 2 saturated carbocycles. The van der Waals surface area contributed by atoms with Gasteiger partial charge in [-0.3, -0.25) is 4.79 Å². The number of carbonyl (C=O) groups excluding carboxylic acids is 1. The van der Waals surface area contributed by atoms with Crippen molar-refractivity contribution in [3.8, 4) is 0 Å². The van der Waals surface area contributed by atoms with Crippen LogP contribution in [-0.2, 0) is 9.53 Å². The second-order valence-corrected chi connectivity index (χ2v) is 9.50. The third kappa shape index (κ3) is 2.01. The van der Waals surface area contributed by atoms with E-state index in [0.29, 0.717) is 37.9 Å². The number of carbonyl (C=O) groups is 1. The molecule has 25 heavy (non-hydrogen) atoms. The Labute approximate surface area is 149 Å². The third-order valence-electron chi connectivity index (χ3n) is 8.24. The lowest BCUT2D eigenvalue weighted by molar-refractivity contribution is -0.241. The quantitative estimate of drug-likeness (QED) is 0.578. The van der Waals surface area contributed by atoms with E-state index in [2.05, 4.69) is 0 Å². The van der Waals surface area contributed by atoms with Crippen molar-refractivity contribution in [1.29, 1.82) is 0 Å². The molecule has 1 aliphatic heterocycles. The van der Waals surface area contributed by atoms with Crippen molar-refractivity contribution in [2.75, 3.05) is 6.61 Å². The number of rotatable bonds is 0. The first kappa shape index (κ1) is 17.7. The van der Waals surface area contributed by atoms with Gasteiger partial charge in [-0.25, -0.2) is 0 Å². The number of aliphatic hydroxyl groups excluding tert-OH is 2. The molecule has 4 aliphatic rings. The summed E-state index contributed by atoms with van der Waals surface area (Å²) in [5.41, 5.74) is -1.06. The Balaban J connectivity index is 1.90. The number of Topliss-reactive ketones (excluding diaryl/α,β-unsaturated/α-hetero) is 1. The van der Waals surface area contributed by atoms with Crippen LogP contribution in [0, 0.1) is 22.7 Å². The van der Waals surface area contributed by atoms with E-state index in [1.165, 1.54) is 0 Å². The van der Waals surface area contributed by atoms with Gasteiger partial charge in [0.05, 0.1) is 29.8 Å². The summed E-state index contributed by atoms with van der Waals surface area (Å²) in [6, 6.07) is 0. The van der Waals surface area contributed by atoms with Crippen molar-refractivity contribution >= 4 is 5.78 Å². The van der Waals surface area contributed by atoms with Crippen molar-refractivity contribution in [2.24, 2.45) is 22.7 Å². The van der Waals surface area contributed by atoms with Crippen molar-refractivity contribution in [3.05, 3.63) is 11.1 Å². The first-order valence-corrected chi connectivity index (χ1v) is 9.48. The van der Waals surface area contributed by atoms with Crippen molar-refractivity contribution < 1.29 is 24.9 Å². The van der Waals surface area contributed by atoms with Crippen LogP contribution in [0.3, 0.4) is 0 Å². The zero-order valence-electron chi connectivity index (χ0n) is 15.6. The normalized spacial score (nSPS) is 51.8. The van der Waals surface area contributed by atoms with E-state index in [4.69, 9.17) is 4.74 Å². The summed E-state index contributed by atoms with van der Waals surface area (Å²) in [6.07, 6.45) is 0.0513. The molecule has 0 amide bonds. The highest BCUT2D eigenvalue weighted by atomic mass is 16.5. The zero-order valence-corrected chi connectivity index (χ0v) is 15.6. The molecule has 3 fully saturated rings. The van der Waals surface area contributed by atoms with Gasteiger partial charge in [0.2, 0.25) is 0 Å². The highest BCUT2D eigenvalue weighted by Gasteiger charge is 2.65. The van der Waals surface area contributed by atoms with Crippen LogP contribution in [0.4, 0.5) is 0 Å². The van der Waals surface area contributed by atoms with Gasteiger partial charge in [0, 0.05) is 17.8 Å². The molecule has 0 radical (unpaired) electrons. The van der Waals surface area contributed by atoms with Crippen LogP contribution in [-0.4, -0.2) is 51.6 Å². The minimum Gasteiger partial charge on any atom is -0.392 e. The maximum atomic E-state index is 13.4. The van der Waals surface area contributed by atoms with Gasteiger partial charge in [-0.05, 0) is 44.6 Å². The molecule has 0 spiro atoms. The number of fused-ring (bicyclic) bond motifs is 5. The molecule has 3 N–H and O–H groups in total. The minimum absolute atomic E-state index is 0.0375.